The molecule has 0 heterocycles. The van der Waals surface area contributed by atoms with Gasteiger partial charge in [-0.15, -0.1) is 0 Å². The molecule has 0 aliphatic carbocycles. The maximum absolute atomic E-state index is 4.52. The highest BCUT2D eigenvalue weighted by Gasteiger charge is 2.04. The van der Waals surface area contributed by atoms with Gasteiger partial charge in [0.2, 0.25) is 0 Å². The molecule has 0 fully saturated rings. The molecule has 0 aliphatic heterocycles. The Morgan fingerprint density at radius 1 is 1.05 bits per heavy atom. The Labute approximate surface area is 120 Å². The average molecular weight is 268 g/mol. The third-order valence-corrected chi connectivity index (χ3v) is 2.96. The maximum Gasteiger partial charge on any atom is 0.0889 e. The van der Waals surface area contributed by atoms with Crippen LogP contribution in [0.15, 0.2) is 17.3 Å². The van der Waals surface area contributed by atoms with E-state index in [-0.39, 0.29) is 0 Å². The van der Waals surface area contributed by atoms with E-state index in [1.165, 1.54) is 38.6 Å². The zero-order chi connectivity index (χ0) is 14.6. The molecule has 0 amide bonds. The van der Waals surface area contributed by atoms with Gasteiger partial charge in [0, 0.05) is 19.3 Å². The SMILES string of the molecule is C/C=C\N(C=NCCCCC[N+](C)(C)C)CCCC. The fourth-order valence-electron chi connectivity index (χ4n) is 1.83. The predicted molar refractivity (Wildman–Crippen MR) is 86.5 cm³/mol. The molecule has 0 bridgehead atoms. The van der Waals surface area contributed by atoms with Crippen molar-refractivity contribution in [1.82, 2.24) is 4.90 Å². The standard InChI is InChI=1S/C16H34N3/c1-6-8-14-18(13-7-2)16-17-12-10-9-11-15-19(3,4)5/h7,13,16H,6,8-12,14-15H2,1-5H3/q+1/b13-7-,17-16?. The summed E-state index contributed by atoms with van der Waals surface area (Å²) in [6.45, 7) is 7.56. The molecule has 0 rings (SSSR count). The van der Waals surface area contributed by atoms with Crippen molar-refractivity contribution in [2.24, 2.45) is 4.99 Å². The first kappa shape index (κ1) is 18.2. The molecule has 0 aromatic heterocycles. The Morgan fingerprint density at radius 3 is 2.37 bits per heavy atom. The average Bonchev–Trinajstić information content (AvgIpc) is 2.33. The van der Waals surface area contributed by atoms with Crippen LogP contribution in [0.1, 0.15) is 46.0 Å². The predicted octanol–water partition coefficient (Wildman–Crippen LogP) is 3.53. The first-order valence-electron chi connectivity index (χ1n) is 7.68. The van der Waals surface area contributed by atoms with E-state index in [9.17, 15) is 0 Å². The van der Waals surface area contributed by atoms with Gasteiger partial charge in [-0.05, 0) is 32.6 Å². The van der Waals surface area contributed by atoms with Crippen molar-refractivity contribution in [2.75, 3.05) is 40.8 Å². The third kappa shape index (κ3) is 13.4. The van der Waals surface area contributed by atoms with Crippen LogP contribution >= 0.6 is 0 Å². The van der Waals surface area contributed by atoms with Gasteiger partial charge in [-0.2, -0.15) is 0 Å². The first-order valence-corrected chi connectivity index (χ1v) is 7.68. The van der Waals surface area contributed by atoms with Gasteiger partial charge < -0.3 is 9.38 Å². The first-order chi connectivity index (χ1) is 8.99. The van der Waals surface area contributed by atoms with Gasteiger partial charge in [0.1, 0.15) is 0 Å². The van der Waals surface area contributed by atoms with Gasteiger partial charge >= 0.3 is 0 Å². The van der Waals surface area contributed by atoms with E-state index < -0.39 is 0 Å². The highest BCUT2D eigenvalue weighted by atomic mass is 15.3. The van der Waals surface area contributed by atoms with Crippen molar-refractivity contribution in [3.8, 4) is 0 Å². The van der Waals surface area contributed by atoms with Gasteiger partial charge in [-0.1, -0.05) is 19.4 Å². The lowest BCUT2D eigenvalue weighted by molar-refractivity contribution is -0.870. The second-order valence-electron chi connectivity index (χ2n) is 6.17. The molecule has 0 unspecified atom stereocenters. The molecule has 0 aromatic rings. The van der Waals surface area contributed by atoms with Crippen LogP contribution in [0, 0.1) is 0 Å². The Kier molecular flexibility index (Phi) is 10.6. The van der Waals surface area contributed by atoms with Crippen LogP contribution in [0.4, 0.5) is 0 Å². The number of allylic oxidation sites excluding steroid dienone is 1. The summed E-state index contributed by atoms with van der Waals surface area (Å²) < 4.78 is 1.06. The Hall–Kier alpha value is -0.830. The third-order valence-electron chi connectivity index (χ3n) is 2.96. The summed E-state index contributed by atoms with van der Waals surface area (Å²) in [6.07, 6.45) is 12.4. The van der Waals surface area contributed by atoms with Gasteiger partial charge in [-0.25, -0.2) is 0 Å². The number of hydrogen-bond acceptors (Lipinski definition) is 1. The van der Waals surface area contributed by atoms with Gasteiger partial charge in [0.25, 0.3) is 0 Å². The molecule has 0 saturated carbocycles. The molecule has 0 aromatic carbocycles. The zero-order valence-corrected chi connectivity index (χ0v) is 13.7. The fraction of sp³-hybridized carbons (Fsp3) is 0.812. The number of quaternary nitrogens is 1. The minimum absolute atomic E-state index is 0.956. The van der Waals surface area contributed by atoms with E-state index in [1.54, 1.807) is 0 Å². The maximum atomic E-state index is 4.52. The number of hydrogen-bond donors (Lipinski definition) is 0. The number of unbranched alkanes of at least 4 members (excludes halogenated alkanes) is 3. The van der Waals surface area contributed by atoms with Crippen molar-refractivity contribution in [3.63, 3.8) is 0 Å². The van der Waals surface area contributed by atoms with Gasteiger partial charge in [0.05, 0.1) is 34.0 Å². The number of nitrogens with zero attached hydrogens (tertiary/aromatic N) is 3. The molecule has 0 radical (unpaired) electrons. The van der Waals surface area contributed by atoms with Crippen LogP contribution < -0.4 is 0 Å². The van der Waals surface area contributed by atoms with Gasteiger partial charge in [0.15, 0.2) is 0 Å². The lowest BCUT2D eigenvalue weighted by Gasteiger charge is -2.23. The summed E-state index contributed by atoms with van der Waals surface area (Å²) in [5.41, 5.74) is 0. The molecular formula is C16H34N3+. The van der Waals surface area contributed by atoms with Crippen molar-refractivity contribution < 1.29 is 4.48 Å². The fourth-order valence-corrected chi connectivity index (χ4v) is 1.83. The molecule has 112 valence electrons. The van der Waals surface area contributed by atoms with E-state index in [4.69, 9.17) is 0 Å². The smallest absolute Gasteiger partial charge is 0.0889 e. The van der Waals surface area contributed by atoms with E-state index in [0.717, 1.165) is 17.6 Å². The second-order valence-corrected chi connectivity index (χ2v) is 6.17. The van der Waals surface area contributed by atoms with E-state index in [2.05, 4.69) is 57.2 Å². The van der Waals surface area contributed by atoms with Crippen LogP contribution in [-0.4, -0.2) is 56.5 Å². The van der Waals surface area contributed by atoms with Crippen LogP contribution in [0.5, 0.6) is 0 Å². The monoisotopic (exact) mass is 268 g/mol. The molecule has 0 N–H and O–H groups in total. The zero-order valence-electron chi connectivity index (χ0n) is 13.7. The normalized spacial score (nSPS) is 12.7. The van der Waals surface area contributed by atoms with E-state index in [1.807, 2.05) is 6.34 Å². The molecule has 0 atom stereocenters. The minimum atomic E-state index is 0.956. The lowest BCUT2D eigenvalue weighted by atomic mass is 10.2. The Morgan fingerprint density at radius 2 is 1.79 bits per heavy atom. The molecule has 3 heteroatoms. The van der Waals surface area contributed by atoms with Crippen LogP contribution in [-0.2, 0) is 0 Å². The van der Waals surface area contributed by atoms with Crippen molar-refractivity contribution in [2.45, 2.75) is 46.0 Å². The Bertz CT molecular complexity index is 251. The summed E-state index contributed by atoms with van der Waals surface area (Å²) in [7, 11) is 6.75. The van der Waals surface area contributed by atoms with Crippen LogP contribution in [0.2, 0.25) is 0 Å². The van der Waals surface area contributed by atoms with Crippen molar-refractivity contribution in [1.29, 1.82) is 0 Å². The van der Waals surface area contributed by atoms with E-state index in [0.29, 0.717) is 0 Å². The van der Waals surface area contributed by atoms with Crippen LogP contribution in [0.3, 0.4) is 0 Å². The summed E-state index contributed by atoms with van der Waals surface area (Å²) in [6, 6.07) is 0. The summed E-state index contributed by atoms with van der Waals surface area (Å²) in [5, 5.41) is 0. The highest BCUT2D eigenvalue weighted by molar-refractivity contribution is 5.56. The summed E-state index contributed by atoms with van der Waals surface area (Å²) in [4.78, 5) is 6.71. The topological polar surface area (TPSA) is 15.6 Å². The molecule has 0 aliphatic rings. The largest absolute Gasteiger partial charge is 0.340 e. The summed E-state index contributed by atoms with van der Waals surface area (Å²) >= 11 is 0. The Balaban J connectivity index is 3.69. The highest BCUT2D eigenvalue weighted by Crippen LogP contribution is 2.01. The summed E-state index contributed by atoms with van der Waals surface area (Å²) in [5.74, 6) is 0. The molecule has 19 heavy (non-hydrogen) atoms. The van der Waals surface area contributed by atoms with E-state index >= 15 is 0 Å². The molecular weight excluding hydrogens is 234 g/mol. The van der Waals surface area contributed by atoms with Crippen molar-refractivity contribution in [3.05, 3.63) is 12.3 Å². The van der Waals surface area contributed by atoms with Crippen molar-refractivity contribution >= 4 is 6.34 Å². The quantitative estimate of drug-likeness (QED) is 0.242. The number of aliphatic imine (C=N–C) groups is 1. The molecule has 3 nitrogen and oxygen atoms in total. The van der Waals surface area contributed by atoms with Gasteiger partial charge in [-0.3, -0.25) is 4.99 Å². The second kappa shape index (κ2) is 11.0. The minimum Gasteiger partial charge on any atom is -0.340 e. The lowest BCUT2D eigenvalue weighted by Crippen LogP contribution is -2.35. The molecule has 0 saturated heterocycles. The number of rotatable bonds is 11. The molecule has 0 spiro atoms. The van der Waals surface area contributed by atoms with Crippen LogP contribution in [0.25, 0.3) is 0 Å².